The molecule has 1 rings (SSSR count). The molecule has 0 saturated heterocycles. The highest BCUT2D eigenvalue weighted by atomic mass is 79.9. The average molecular weight is 248 g/mol. The van der Waals surface area contributed by atoms with Gasteiger partial charge in [-0.25, -0.2) is 4.98 Å². The molecule has 1 aromatic rings. The molecule has 2 nitrogen and oxygen atoms in total. The van der Waals surface area contributed by atoms with Gasteiger partial charge in [-0.05, 0) is 12.1 Å². The molecule has 0 unspecified atom stereocenters. The molecule has 12 heavy (non-hydrogen) atoms. The average Bonchev–Trinajstić information content (AvgIpc) is 2.01. The van der Waals surface area contributed by atoms with Gasteiger partial charge in [0.15, 0.2) is 0 Å². The van der Waals surface area contributed by atoms with E-state index in [9.17, 15) is 0 Å². The first-order valence-electron chi connectivity index (χ1n) is 3.38. The molecule has 0 aromatic carbocycles. The van der Waals surface area contributed by atoms with Crippen LogP contribution in [0.2, 0.25) is 5.15 Å². The predicted octanol–water partition coefficient (Wildman–Crippen LogP) is 3.06. The lowest BCUT2D eigenvalue weighted by Gasteiger charge is -2.03. The number of hydrogen-bond donors (Lipinski definition) is 1. The summed E-state index contributed by atoms with van der Waals surface area (Å²) in [5, 5.41) is 3.53. The Bertz CT molecular complexity index is 288. The SMILES string of the molecule is C=C(Br)CNc1cccc(Cl)n1. The molecule has 1 aromatic heterocycles. The minimum atomic E-state index is 0.486. The van der Waals surface area contributed by atoms with Crippen molar-refractivity contribution in [1.29, 1.82) is 0 Å². The Morgan fingerprint density at radius 3 is 3.00 bits per heavy atom. The van der Waals surface area contributed by atoms with E-state index in [2.05, 4.69) is 32.8 Å². The maximum atomic E-state index is 5.67. The van der Waals surface area contributed by atoms with Crippen molar-refractivity contribution in [3.8, 4) is 0 Å². The summed E-state index contributed by atoms with van der Waals surface area (Å²) in [7, 11) is 0. The molecule has 0 aliphatic heterocycles. The number of hydrogen-bond acceptors (Lipinski definition) is 2. The molecule has 64 valence electrons. The number of nitrogens with one attached hydrogen (secondary N) is 1. The van der Waals surface area contributed by atoms with E-state index in [4.69, 9.17) is 11.6 Å². The fraction of sp³-hybridized carbons (Fsp3) is 0.125. The fourth-order valence-corrected chi connectivity index (χ4v) is 0.997. The van der Waals surface area contributed by atoms with Crippen LogP contribution in [0.15, 0.2) is 29.3 Å². The largest absolute Gasteiger partial charge is 0.365 e. The molecule has 1 N–H and O–H groups in total. The first kappa shape index (κ1) is 9.55. The maximum absolute atomic E-state index is 5.67. The van der Waals surface area contributed by atoms with Crippen LogP contribution in [0.25, 0.3) is 0 Å². The van der Waals surface area contributed by atoms with E-state index in [1.54, 1.807) is 6.07 Å². The van der Waals surface area contributed by atoms with Gasteiger partial charge in [0.25, 0.3) is 0 Å². The van der Waals surface area contributed by atoms with E-state index >= 15 is 0 Å². The van der Waals surface area contributed by atoms with Crippen LogP contribution in [-0.4, -0.2) is 11.5 Å². The zero-order valence-electron chi connectivity index (χ0n) is 6.35. The zero-order chi connectivity index (χ0) is 8.97. The standard InChI is InChI=1S/C8H8BrClN2/c1-6(9)5-11-8-4-2-3-7(10)12-8/h2-4H,1,5H2,(H,11,12). The van der Waals surface area contributed by atoms with Gasteiger partial charge in [-0.15, -0.1) is 0 Å². The first-order chi connectivity index (χ1) is 5.68. The molecular weight excluding hydrogens is 239 g/mol. The van der Waals surface area contributed by atoms with Gasteiger partial charge in [-0.3, -0.25) is 0 Å². The molecule has 0 aliphatic rings. The summed E-state index contributed by atoms with van der Waals surface area (Å²) in [5.41, 5.74) is 0. The van der Waals surface area contributed by atoms with E-state index < -0.39 is 0 Å². The molecular formula is C8H8BrClN2. The summed E-state index contributed by atoms with van der Waals surface area (Å²) in [4.78, 5) is 4.04. The van der Waals surface area contributed by atoms with Gasteiger partial charge in [0.05, 0.1) is 0 Å². The molecule has 0 amide bonds. The third-order valence-corrected chi connectivity index (χ3v) is 1.67. The third-order valence-electron chi connectivity index (χ3n) is 1.18. The van der Waals surface area contributed by atoms with Gasteiger partial charge >= 0.3 is 0 Å². The second kappa shape index (κ2) is 4.48. The summed E-state index contributed by atoms with van der Waals surface area (Å²) < 4.78 is 0.879. The third kappa shape index (κ3) is 3.24. The van der Waals surface area contributed by atoms with Crippen molar-refractivity contribution in [3.05, 3.63) is 34.4 Å². The number of nitrogens with zero attached hydrogens (tertiary/aromatic N) is 1. The summed E-state index contributed by atoms with van der Waals surface area (Å²) in [5.74, 6) is 0.753. The van der Waals surface area contributed by atoms with Crippen LogP contribution < -0.4 is 5.32 Å². The highest BCUT2D eigenvalue weighted by molar-refractivity contribution is 9.11. The van der Waals surface area contributed by atoms with Crippen molar-refractivity contribution in [3.63, 3.8) is 0 Å². The highest BCUT2D eigenvalue weighted by Gasteiger charge is 1.93. The Morgan fingerprint density at radius 2 is 2.42 bits per heavy atom. The van der Waals surface area contributed by atoms with E-state index in [0.717, 1.165) is 10.3 Å². The lowest BCUT2D eigenvalue weighted by Crippen LogP contribution is -2.01. The molecule has 0 fully saturated rings. The predicted molar refractivity (Wildman–Crippen MR) is 55.8 cm³/mol. The van der Waals surface area contributed by atoms with Crippen LogP contribution in [0.1, 0.15) is 0 Å². The molecule has 0 bridgehead atoms. The molecule has 1 heterocycles. The molecule has 4 heteroatoms. The van der Waals surface area contributed by atoms with Crippen molar-refractivity contribution in [2.45, 2.75) is 0 Å². The number of anilines is 1. The monoisotopic (exact) mass is 246 g/mol. The lowest BCUT2D eigenvalue weighted by atomic mass is 10.4. The summed E-state index contributed by atoms with van der Waals surface area (Å²) in [6, 6.07) is 5.42. The summed E-state index contributed by atoms with van der Waals surface area (Å²) in [6.45, 7) is 4.33. The van der Waals surface area contributed by atoms with Gasteiger partial charge < -0.3 is 5.32 Å². The highest BCUT2D eigenvalue weighted by Crippen LogP contribution is 2.10. The van der Waals surface area contributed by atoms with Crippen molar-refractivity contribution in [1.82, 2.24) is 4.98 Å². The van der Waals surface area contributed by atoms with Crippen LogP contribution >= 0.6 is 27.5 Å². The first-order valence-corrected chi connectivity index (χ1v) is 4.55. The van der Waals surface area contributed by atoms with Gasteiger partial charge in [0.2, 0.25) is 0 Å². The van der Waals surface area contributed by atoms with Gasteiger partial charge in [0.1, 0.15) is 11.0 Å². The minimum Gasteiger partial charge on any atom is -0.365 e. The van der Waals surface area contributed by atoms with Gasteiger partial charge in [-0.2, -0.15) is 0 Å². The van der Waals surface area contributed by atoms with Crippen molar-refractivity contribution in [2.24, 2.45) is 0 Å². The van der Waals surface area contributed by atoms with E-state index in [1.165, 1.54) is 0 Å². The Hall–Kier alpha value is -0.540. The van der Waals surface area contributed by atoms with Crippen LogP contribution in [0.5, 0.6) is 0 Å². The molecule has 0 spiro atoms. The van der Waals surface area contributed by atoms with Gasteiger partial charge in [0, 0.05) is 11.0 Å². The van der Waals surface area contributed by atoms with Crippen molar-refractivity contribution < 1.29 is 0 Å². The second-order valence-electron chi connectivity index (χ2n) is 2.22. The Kier molecular flexibility index (Phi) is 3.56. The van der Waals surface area contributed by atoms with Crippen LogP contribution in [-0.2, 0) is 0 Å². The summed E-state index contributed by atoms with van der Waals surface area (Å²) in [6.07, 6.45) is 0. The van der Waals surface area contributed by atoms with Crippen LogP contribution in [0.3, 0.4) is 0 Å². The normalized spacial score (nSPS) is 9.50. The smallest absolute Gasteiger partial charge is 0.131 e. The molecule has 0 atom stereocenters. The van der Waals surface area contributed by atoms with E-state index in [-0.39, 0.29) is 0 Å². The number of pyridine rings is 1. The van der Waals surface area contributed by atoms with Gasteiger partial charge in [-0.1, -0.05) is 40.2 Å². The molecule has 0 radical (unpaired) electrons. The zero-order valence-corrected chi connectivity index (χ0v) is 8.69. The quantitative estimate of drug-likeness (QED) is 0.831. The molecule has 0 saturated carbocycles. The van der Waals surface area contributed by atoms with Crippen LogP contribution in [0.4, 0.5) is 5.82 Å². The van der Waals surface area contributed by atoms with Crippen LogP contribution in [0, 0.1) is 0 Å². The Morgan fingerprint density at radius 1 is 1.67 bits per heavy atom. The lowest BCUT2D eigenvalue weighted by molar-refractivity contribution is 1.22. The Labute approximate surface area is 84.8 Å². The number of rotatable bonds is 3. The number of aromatic nitrogens is 1. The van der Waals surface area contributed by atoms with E-state index in [1.807, 2.05) is 12.1 Å². The summed E-state index contributed by atoms with van der Waals surface area (Å²) >= 11 is 8.91. The topological polar surface area (TPSA) is 24.9 Å². The van der Waals surface area contributed by atoms with E-state index in [0.29, 0.717) is 11.7 Å². The fourth-order valence-electron chi connectivity index (χ4n) is 0.693. The Balaban J connectivity index is 2.57. The molecule has 0 aliphatic carbocycles. The number of halogens is 2. The second-order valence-corrected chi connectivity index (χ2v) is 3.73. The van der Waals surface area contributed by atoms with Crippen molar-refractivity contribution >= 4 is 33.3 Å². The maximum Gasteiger partial charge on any atom is 0.131 e. The minimum absolute atomic E-state index is 0.486. The van der Waals surface area contributed by atoms with Crippen molar-refractivity contribution in [2.75, 3.05) is 11.9 Å².